The van der Waals surface area contributed by atoms with Crippen LogP contribution in [0.1, 0.15) is 25.5 Å². The quantitative estimate of drug-likeness (QED) is 0.869. The molecule has 3 nitrogen and oxygen atoms in total. The minimum Gasteiger partial charge on any atom is -0.330 e. The molecule has 6 heteroatoms. The lowest BCUT2D eigenvalue weighted by atomic mass is 9.93. The third-order valence-corrected chi connectivity index (χ3v) is 2.53. The van der Waals surface area contributed by atoms with Crippen LogP contribution in [0.25, 0.3) is 0 Å². The number of rotatable bonds is 4. The van der Waals surface area contributed by atoms with Crippen LogP contribution in [-0.4, -0.2) is 22.3 Å². The summed E-state index contributed by atoms with van der Waals surface area (Å²) >= 11 is 0. The summed E-state index contributed by atoms with van der Waals surface area (Å²) in [6.07, 6.45) is -1.57. The van der Waals surface area contributed by atoms with Gasteiger partial charge in [-0.25, -0.2) is 4.98 Å². The van der Waals surface area contributed by atoms with E-state index >= 15 is 0 Å². The second-order valence-corrected chi connectivity index (χ2v) is 4.15. The maximum Gasteiger partial charge on any atom is 0.406 e. The van der Waals surface area contributed by atoms with E-state index in [0.717, 1.165) is 4.57 Å². The SMILES string of the molecule is CC(C)C(CN)c1cncn1CC(F)(F)F. The predicted molar refractivity (Wildman–Crippen MR) is 54.9 cm³/mol. The normalized spacial score (nSPS) is 14.4. The molecule has 0 aromatic carbocycles. The molecule has 2 N–H and O–H groups in total. The van der Waals surface area contributed by atoms with Crippen LogP contribution in [0.3, 0.4) is 0 Å². The number of alkyl halides is 3. The molecule has 1 heterocycles. The fourth-order valence-electron chi connectivity index (χ4n) is 1.70. The molecule has 0 radical (unpaired) electrons. The topological polar surface area (TPSA) is 43.8 Å². The van der Waals surface area contributed by atoms with Crippen molar-refractivity contribution in [2.75, 3.05) is 6.54 Å². The molecule has 0 aliphatic rings. The van der Waals surface area contributed by atoms with E-state index < -0.39 is 12.7 Å². The Morgan fingerprint density at radius 3 is 2.50 bits per heavy atom. The molecule has 0 amide bonds. The number of imidazole rings is 1. The predicted octanol–water partition coefficient (Wildman–Crippen LogP) is 2.14. The Kier molecular flexibility index (Phi) is 3.96. The lowest BCUT2D eigenvalue weighted by Gasteiger charge is -2.21. The standard InChI is InChI=1S/C10H16F3N3/c1-7(2)8(3-14)9-4-15-6-16(9)5-10(11,12)13/h4,6-8H,3,5,14H2,1-2H3. The number of nitrogens with two attached hydrogens (primary N) is 1. The fraction of sp³-hybridized carbons (Fsp3) is 0.700. The maximum absolute atomic E-state index is 12.3. The highest BCUT2D eigenvalue weighted by atomic mass is 19.4. The molecule has 0 fully saturated rings. The van der Waals surface area contributed by atoms with E-state index in [4.69, 9.17) is 5.73 Å². The van der Waals surface area contributed by atoms with Crippen molar-refractivity contribution < 1.29 is 13.2 Å². The number of nitrogens with zero attached hydrogens (tertiary/aromatic N) is 2. The second-order valence-electron chi connectivity index (χ2n) is 4.15. The molecule has 1 aromatic heterocycles. The zero-order chi connectivity index (χ0) is 12.3. The van der Waals surface area contributed by atoms with Gasteiger partial charge in [-0.05, 0) is 5.92 Å². The summed E-state index contributed by atoms with van der Waals surface area (Å²) in [7, 11) is 0. The first-order chi connectivity index (χ1) is 7.35. The van der Waals surface area contributed by atoms with Gasteiger partial charge in [0.05, 0.1) is 6.33 Å². The largest absolute Gasteiger partial charge is 0.406 e. The van der Waals surface area contributed by atoms with Crippen molar-refractivity contribution in [2.24, 2.45) is 11.7 Å². The number of halogens is 3. The monoisotopic (exact) mass is 235 g/mol. The summed E-state index contributed by atoms with van der Waals surface area (Å²) in [5.41, 5.74) is 6.13. The van der Waals surface area contributed by atoms with Crippen molar-refractivity contribution in [3.63, 3.8) is 0 Å². The van der Waals surface area contributed by atoms with Crippen LogP contribution in [0, 0.1) is 5.92 Å². The van der Waals surface area contributed by atoms with Gasteiger partial charge < -0.3 is 10.3 Å². The molecular formula is C10H16F3N3. The molecule has 0 bridgehead atoms. The average molecular weight is 235 g/mol. The first-order valence-electron chi connectivity index (χ1n) is 5.12. The Morgan fingerprint density at radius 1 is 1.44 bits per heavy atom. The van der Waals surface area contributed by atoms with Gasteiger partial charge in [0.15, 0.2) is 0 Å². The number of hydrogen-bond donors (Lipinski definition) is 1. The van der Waals surface area contributed by atoms with Crippen LogP contribution in [0.5, 0.6) is 0 Å². The lowest BCUT2D eigenvalue weighted by molar-refractivity contribution is -0.141. The van der Waals surface area contributed by atoms with Crippen molar-refractivity contribution in [1.82, 2.24) is 9.55 Å². The Morgan fingerprint density at radius 2 is 2.06 bits per heavy atom. The minimum absolute atomic E-state index is 0.0927. The summed E-state index contributed by atoms with van der Waals surface area (Å²) in [6.45, 7) is 3.18. The molecule has 1 aromatic rings. The zero-order valence-electron chi connectivity index (χ0n) is 9.33. The van der Waals surface area contributed by atoms with Gasteiger partial charge in [-0.2, -0.15) is 13.2 Å². The van der Waals surface area contributed by atoms with Crippen molar-refractivity contribution in [3.8, 4) is 0 Å². The van der Waals surface area contributed by atoms with Gasteiger partial charge in [-0.3, -0.25) is 0 Å². The van der Waals surface area contributed by atoms with Crippen molar-refractivity contribution in [3.05, 3.63) is 18.2 Å². The molecule has 16 heavy (non-hydrogen) atoms. The summed E-state index contributed by atoms with van der Waals surface area (Å²) < 4.78 is 38.0. The van der Waals surface area contributed by atoms with Gasteiger partial charge >= 0.3 is 6.18 Å². The van der Waals surface area contributed by atoms with Gasteiger partial charge in [0, 0.05) is 24.4 Å². The van der Waals surface area contributed by atoms with Crippen LogP contribution in [-0.2, 0) is 6.54 Å². The van der Waals surface area contributed by atoms with Crippen molar-refractivity contribution in [1.29, 1.82) is 0 Å². The molecule has 0 saturated carbocycles. The first-order valence-corrected chi connectivity index (χ1v) is 5.12. The minimum atomic E-state index is -4.23. The van der Waals surface area contributed by atoms with Crippen LogP contribution < -0.4 is 5.73 Å². The highest BCUT2D eigenvalue weighted by Gasteiger charge is 2.30. The van der Waals surface area contributed by atoms with E-state index in [1.54, 1.807) is 0 Å². The molecule has 0 aliphatic heterocycles. The Labute approximate surface area is 92.5 Å². The van der Waals surface area contributed by atoms with Crippen LogP contribution >= 0.6 is 0 Å². The summed E-state index contributed by atoms with van der Waals surface area (Å²) in [5.74, 6) is 0.0959. The lowest BCUT2D eigenvalue weighted by Crippen LogP contribution is -2.24. The molecule has 92 valence electrons. The highest BCUT2D eigenvalue weighted by molar-refractivity contribution is 5.08. The van der Waals surface area contributed by atoms with E-state index in [-0.39, 0.29) is 11.8 Å². The first kappa shape index (κ1) is 13.0. The maximum atomic E-state index is 12.3. The Hall–Kier alpha value is -1.04. The van der Waals surface area contributed by atoms with Crippen LogP contribution in [0.15, 0.2) is 12.5 Å². The molecular weight excluding hydrogens is 219 g/mol. The molecule has 1 rings (SSSR count). The van der Waals surface area contributed by atoms with Crippen molar-refractivity contribution >= 4 is 0 Å². The van der Waals surface area contributed by atoms with Gasteiger partial charge in [-0.1, -0.05) is 13.8 Å². The van der Waals surface area contributed by atoms with E-state index in [9.17, 15) is 13.2 Å². The molecule has 1 atom stereocenters. The number of aromatic nitrogens is 2. The Bertz CT molecular complexity index is 330. The van der Waals surface area contributed by atoms with E-state index in [1.807, 2.05) is 13.8 Å². The van der Waals surface area contributed by atoms with E-state index in [2.05, 4.69) is 4.98 Å². The fourth-order valence-corrected chi connectivity index (χ4v) is 1.70. The van der Waals surface area contributed by atoms with Gasteiger partial charge in [0.25, 0.3) is 0 Å². The molecule has 1 unspecified atom stereocenters. The number of hydrogen-bond acceptors (Lipinski definition) is 2. The summed E-state index contributed by atoms with van der Waals surface area (Å²) in [5, 5.41) is 0. The van der Waals surface area contributed by atoms with Gasteiger partial charge in [-0.15, -0.1) is 0 Å². The van der Waals surface area contributed by atoms with Crippen LogP contribution in [0.2, 0.25) is 0 Å². The molecule has 0 aliphatic carbocycles. The summed E-state index contributed by atoms with van der Waals surface area (Å²) in [4.78, 5) is 3.76. The van der Waals surface area contributed by atoms with Gasteiger partial charge in [0.2, 0.25) is 0 Å². The van der Waals surface area contributed by atoms with Gasteiger partial charge in [0.1, 0.15) is 6.54 Å². The average Bonchev–Trinajstić information content (AvgIpc) is 2.51. The summed E-state index contributed by atoms with van der Waals surface area (Å²) in [6, 6.07) is 0. The van der Waals surface area contributed by atoms with Crippen molar-refractivity contribution in [2.45, 2.75) is 32.5 Å². The molecule has 0 saturated heterocycles. The second kappa shape index (κ2) is 4.86. The van der Waals surface area contributed by atoms with Crippen LogP contribution in [0.4, 0.5) is 13.2 Å². The highest BCUT2D eigenvalue weighted by Crippen LogP contribution is 2.25. The third kappa shape index (κ3) is 3.23. The van der Waals surface area contributed by atoms with E-state index in [0.29, 0.717) is 12.2 Å². The Balaban J connectivity index is 2.93. The smallest absolute Gasteiger partial charge is 0.330 e. The molecule has 0 spiro atoms. The zero-order valence-corrected chi connectivity index (χ0v) is 9.33. The van der Waals surface area contributed by atoms with E-state index in [1.165, 1.54) is 12.5 Å². The third-order valence-electron chi connectivity index (χ3n) is 2.53.